The van der Waals surface area contributed by atoms with E-state index in [1.54, 1.807) is 36.4 Å². The van der Waals surface area contributed by atoms with Crippen LogP contribution in [0.1, 0.15) is 22.0 Å². The maximum absolute atomic E-state index is 12.6. The van der Waals surface area contributed by atoms with Crippen LogP contribution in [0, 0.1) is 0 Å². The molecule has 1 saturated heterocycles. The second-order valence-corrected chi connectivity index (χ2v) is 6.11. The fraction of sp³-hybridized carbons (Fsp3) is 0.167. The topological polar surface area (TPSA) is 98.7 Å². The molecule has 3 N–H and O–H groups in total. The molecule has 26 heavy (non-hydrogen) atoms. The lowest BCUT2D eigenvalue weighted by Crippen LogP contribution is -2.34. The number of nitrogens with one attached hydrogen (secondary N) is 2. The Balaban J connectivity index is 1.87. The molecule has 0 aromatic heterocycles. The number of nitrogens with zero attached hydrogens (tertiary/aromatic N) is 1. The molecule has 1 aliphatic heterocycles. The molecule has 1 atom stereocenters. The first-order valence-corrected chi connectivity index (χ1v) is 8.28. The Labute approximate surface area is 154 Å². The number of hydrogen-bond donors (Lipinski definition) is 3. The van der Waals surface area contributed by atoms with E-state index in [0.29, 0.717) is 24.3 Å². The third kappa shape index (κ3) is 3.62. The number of carbonyl (C=O) groups excluding carboxylic acids is 2. The zero-order chi connectivity index (χ0) is 18.7. The van der Waals surface area contributed by atoms with Gasteiger partial charge in [-0.1, -0.05) is 41.9 Å². The van der Waals surface area contributed by atoms with Gasteiger partial charge < -0.3 is 15.7 Å². The maximum atomic E-state index is 12.6. The van der Waals surface area contributed by atoms with Crippen LogP contribution >= 0.6 is 11.6 Å². The summed E-state index contributed by atoms with van der Waals surface area (Å²) in [5, 5.41) is 14.8. The Morgan fingerprint density at radius 2 is 1.92 bits per heavy atom. The molecule has 0 radical (unpaired) electrons. The number of carboxylic acid groups (broad SMARTS) is 1. The lowest BCUT2D eigenvalue weighted by Gasteiger charge is -2.18. The summed E-state index contributed by atoms with van der Waals surface area (Å²) in [5.41, 5.74) is 1.06. The molecule has 0 aliphatic carbocycles. The van der Waals surface area contributed by atoms with Crippen molar-refractivity contribution < 1.29 is 19.5 Å². The first-order chi connectivity index (χ1) is 12.5. The number of urea groups is 1. The second kappa shape index (κ2) is 7.45. The summed E-state index contributed by atoms with van der Waals surface area (Å²) in [7, 11) is 0. The van der Waals surface area contributed by atoms with Crippen LogP contribution in [0.5, 0.6) is 0 Å². The van der Waals surface area contributed by atoms with Gasteiger partial charge in [0, 0.05) is 18.8 Å². The van der Waals surface area contributed by atoms with Crippen LogP contribution in [-0.2, 0) is 4.79 Å². The molecule has 3 rings (SSSR count). The van der Waals surface area contributed by atoms with E-state index >= 15 is 0 Å². The summed E-state index contributed by atoms with van der Waals surface area (Å²) >= 11 is 6.12. The molecule has 1 unspecified atom stereocenters. The minimum atomic E-state index is -1.21. The number of carboxylic acids is 1. The summed E-state index contributed by atoms with van der Waals surface area (Å²) < 4.78 is 0. The predicted octanol–water partition coefficient (Wildman–Crippen LogP) is 2.43. The molecule has 1 fully saturated rings. The number of carbonyl (C=O) groups is 3. The minimum absolute atomic E-state index is 0.103. The van der Waals surface area contributed by atoms with E-state index in [1.807, 2.05) is 0 Å². The van der Waals surface area contributed by atoms with Crippen molar-refractivity contribution >= 4 is 35.2 Å². The van der Waals surface area contributed by atoms with Crippen molar-refractivity contribution in [1.29, 1.82) is 0 Å². The number of rotatable bonds is 5. The number of halogens is 1. The van der Waals surface area contributed by atoms with Gasteiger partial charge in [0.05, 0.1) is 10.6 Å². The quantitative estimate of drug-likeness (QED) is 0.749. The smallest absolute Gasteiger partial charge is 0.330 e. The number of aliphatic carboxylic acids is 1. The highest BCUT2D eigenvalue weighted by Crippen LogP contribution is 2.25. The van der Waals surface area contributed by atoms with Crippen molar-refractivity contribution in [3.05, 3.63) is 64.7 Å². The molecule has 0 bridgehead atoms. The molecular formula is C18H16ClN3O4. The van der Waals surface area contributed by atoms with E-state index in [9.17, 15) is 19.5 Å². The molecule has 0 saturated carbocycles. The van der Waals surface area contributed by atoms with E-state index in [4.69, 9.17) is 11.6 Å². The summed E-state index contributed by atoms with van der Waals surface area (Å²) in [6, 6.07) is 11.5. The number of hydrogen-bond acceptors (Lipinski definition) is 3. The average Bonchev–Trinajstić information content (AvgIpc) is 3.06. The van der Waals surface area contributed by atoms with Crippen molar-refractivity contribution in [1.82, 2.24) is 10.6 Å². The Morgan fingerprint density at radius 1 is 1.19 bits per heavy atom. The zero-order valence-corrected chi connectivity index (χ0v) is 14.4. The molecular weight excluding hydrogens is 358 g/mol. The Morgan fingerprint density at radius 3 is 2.54 bits per heavy atom. The van der Waals surface area contributed by atoms with Gasteiger partial charge in [0.1, 0.15) is 0 Å². The van der Waals surface area contributed by atoms with Crippen molar-refractivity contribution in [2.45, 2.75) is 6.04 Å². The third-order valence-corrected chi connectivity index (χ3v) is 4.35. The van der Waals surface area contributed by atoms with Crippen molar-refractivity contribution in [3.63, 3.8) is 0 Å². The number of amides is 3. The van der Waals surface area contributed by atoms with Gasteiger partial charge >= 0.3 is 12.0 Å². The molecule has 2 aromatic rings. The van der Waals surface area contributed by atoms with Gasteiger partial charge in [0.15, 0.2) is 6.04 Å². The summed E-state index contributed by atoms with van der Waals surface area (Å²) in [4.78, 5) is 37.5. The van der Waals surface area contributed by atoms with Gasteiger partial charge in [-0.15, -0.1) is 0 Å². The fourth-order valence-corrected chi connectivity index (χ4v) is 2.92. The van der Waals surface area contributed by atoms with Crippen LogP contribution < -0.4 is 15.5 Å². The molecule has 1 heterocycles. The molecule has 7 nitrogen and oxygen atoms in total. The second-order valence-electron chi connectivity index (χ2n) is 5.70. The van der Waals surface area contributed by atoms with E-state index in [0.717, 1.165) is 0 Å². The Kier molecular flexibility index (Phi) is 5.09. The fourth-order valence-electron chi connectivity index (χ4n) is 2.72. The lowest BCUT2D eigenvalue weighted by atomic mass is 10.1. The highest BCUT2D eigenvalue weighted by molar-refractivity contribution is 6.34. The van der Waals surface area contributed by atoms with Crippen LogP contribution in [0.3, 0.4) is 0 Å². The third-order valence-electron chi connectivity index (χ3n) is 4.02. The van der Waals surface area contributed by atoms with E-state index in [2.05, 4.69) is 10.6 Å². The largest absolute Gasteiger partial charge is 0.479 e. The van der Waals surface area contributed by atoms with E-state index < -0.39 is 17.9 Å². The van der Waals surface area contributed by atoms with Crippen LogP contribution in [0.4, 0.5) is 10.5 Å². The predicted molar refractivity (Wildman–Crippen MR) is 96.5 cm³/mol. The van der Waals surface area contributed by atoms with Gasteiger partial charge in [-0.25, -0.2) is 9.59 Å². The highest BCUT2D eigenvalue weighted by atomic mass is 35.5. The number of benzene rings is 2. The van der Waals surface area contributed by atoms with Gasteiger partial charge in [0.2, 0.25) is 0 Å². The first-order valence-electron chi connectivity index (χ1n) is 7.91. The van der Waals surface area contributed by atoms with Gasteiger partial charge in [-0.3, -0.25) is 9.69 Å². The molecule has 8 heteroatoms. The molecule has 3 amide bonds. The van der Waals surface area contributed by atoms with Crippen molar-refractivity contribution in [2.24, 2.45) is 0 Å². The average molecular weight is 374 g/mol. The maximum Gasteiger partial charge on any atom is 0.330 e. The van der Waals surface area contributed by atoms with E-state index in [1.165, 1.54) is 17.0 Å². The van der Waals surface area contributed by atoms with E-state index in [-0.39, 0.29) is 16.6 Å². The standard InChI is InChI=1S/C18H16ClN3O4/c19-14-7-6-12(22-9-8-20-18(22)26)10-13(14)16(23)21-15(17(24)25)11-4-2-1-3-5-11/h1-7,10,15H,8-9H2,(H,20,26)(H,21,23)(H,24,25). The number of anilines is 1. The van der Waals surface area contributed by atoms with Crippen LogP contribution in [-0.4, -0.2) is 36.1 Å². The molecule has 1 aliphatic rings. The summed E-state index contributed by atoms with van der Waals surface area (Å²) in [6.07, 6.45) is 0. The first kappa shape index (κ1) is 17.8. The van der Waals surface area contributed by atoms with Crippen molar-refractivity contribution in [2.75, 3.05) is 18.0 Å². The van der Waals surface area contributed by atoms with Crippen LogP contribution in [0.2, 0.25) is 5.02 Å². The lowest BCUT2D eigenvalue weighted by molar-refractivity contribution is -0.139. The van der Waals surface area contributed by atoms with Gasteiger partial charge in [-0.05, 0) is 23.8 Å². The van der Waals surface area contributed by atoms with Crippen molar-refractivity contribution in [3.8, 4) is 0 Å². The highest BCUT2D eigenvalue weighted by Gasteiger charge is 2.26. The summed E-state index contributed by atoms with van der Waals surface area (Å²) in [5.74, 6) is -1.82. The Bertz CT molecular complexity index is 857. The van der Waals surface area contributed by atoms with Crippen LogP contribution in [0.15, 0.2) is 48.5 Å². The monoisotopic (exact) mass is 373 g/mol. The van der Waals surface area contributed by atoms with Gasteiger partial charge in [0.25, 0.3) is 5.91 Å². The molecule has 0 spiro atoms. The SMILES string of the molecule is O=C(NC(C(=O)O)c1ccccc1)c1cc(N2CCNC2=O)ccc1Cl. The Hall–Kier alpha value is -3.06. The normalized spacial score (nSPS) is 14.7. The van der Waals surface area contributed by atoms with Gasteiger partial charge in [-0.2, -0.15) is 0 Å². The summed E-state index contributed by atoms with van der Waals surface area (Å²) in [6.45, 7) is 0.987. The molecule has 2 aromatic carbocycles. The minimum Gasteiger partial charge on any atom is -0.479 e. The molecule has 134 valence electrons. The zero-order valence-electron chi connectivity index (χ0n) is 13.6. The van der Waals surface area contributed by atoms with Crippen LogP contribution in [0.25, 0.3) is 0 Å².